The number of amides is 1. The van der Waals surface area contributed by atoms with Gasteiger partial charge in [-0.15, -0.1) is 0 Å². The van der Waals surface area contributed by atoms with Gasteiger partial charge >= 0.3 is 0 Å². The Morgan fingerprint density at radius 1 is 1.26 bits per heavy atom. The highest BCUT2D eigenvalue weighted by Crippen LogP contribution is 2.22. The zero-order valence-corrected chi connectivity index (χ0v) is 13.4. The molecule has 0 aliphatic heterocycles. The first-order valence-electron chi connectivity index (χ1n) is 7.18. The number of carbonyl (C=O) groups excluding carboxylic acids is 1. The van der Waals surface area contributed by atoms with Crippen LogP contribution in [-0.4, -0.2) is 31.3 Å². The SMILES string of the molecule is CCc1ccc(C(=O)N/N=C/c2ccc(OC)cc2OC)nc1. The summed E-state index contributed by atoms with van der Waals surface area (Å²) in [5.74, 6) is 0.924. The summed E-state index contributed by atoms with van der Waals surface area (Å²) in [6, 6.07) is 8.88. The van der Waals surface area contributed by atoms with Crippen molar-refractivity contribution in [3.8, 4) is 11.5 Å². The fourth-order valence-electron chi connectivity index (χ4n) is 1.91. The molecule has 0 aliphatic carbocycles. The van der Waals surface area contributed by atoms with Crippen molar-refractivity contribution in [3.05, 3.63) is 53.3 Å². The summed E-state index contributed by atoms with van der Waals surface area (Å²) >= 11 is 0. The average Bonchev–Trinajstić information content (AvgIpc) is 2.61. The smallest absolute Gasteiger partial charge is 0.289 e. The number of pyridine rings is 1. The fraction of sp³-hybridized carbons (Fsp3) is 0.235. The third-order valence-corrected chi connectivity index (χ3v) is 3.28. The molecule has 2 aromatic rings. The summed E-state index contributed by atoms with van der Waals surface area (Å²) in [7, 11) is 3.14. The Morgan fingerprint density at radius 3 is 2.70 bits per heavy atom. The largest absolute Gasteiger partial charge is 0.497 e. The van der Waals surface area contributed by atoms with Gasteiger partial charge in [0.15, 0.2) is 0 Å². The van der Waals surface area contributed by atoms with E-state index in [9.17, 15) is 4.79 Å². The molecule has 0 saturated heterocycles. The minimum atomic E-state index is -0.364. The summed E-state index contributed by atoms with van der Waals surface area (Å²) < 4.78 is 10.4. The lowest BCUT2D eigenvalue weighted by Crippen LogP contribution is -2.19. The van der Waals surface area contributed by atoms with Gasteiger partial charge in [-0.05, 0) is 30.2 Å². The van der Waals surface area contributed by atoms with Crippen LogP contribution in [-0.2, 0) is 6.42 Å². The fourth-order valence-corrected chi connectivity index (χ4v) is 1.91. The normalized spacial score (nSPS) is 10.6. The van der Waals surface area contributed by atoms with Crippen LogP contribution in [0.2, 0.25) is 0 Å². The number of hydrazone groups is 1. The Hall–Kier alpha value is -2.89. The maximum atomic E-state index is 12.0. The number of hydrogen-bond acceptors (Lipinski definition) is 5. The van der Waals surface area contributed by atoms with E-state index in [0.29, 0.717) is 17.2 Å². The molecule has 6 nitrogen and oxygen atoms in total. The standard InChI is InChI=1S/C17H19N3O3/c1-4-12-5-8-15(18-10-12)17(21)20-19-11-13-6-7-14(22-2)9-16(13)23-3/h5-11H,4H2,1-3H3,(H,20,21)/b19-11+. The lowest BCUT2D eigenvalue weighted by Gasteiger charge is -2.06. The predicted molar refractivity (Wildman–Crippen MR) is 88.2 cm³/mol. The summed E-state index contributed by atoms with van der Waals surface area (Å²) in [6.45, 7) is 2.03. The Morgan fingerprint density at radius 2 is 2.09 bits per heavy atom. The van der Waals surface area contributed by atoms with Crippen molar-refractivity contribution in [1.82, 2.24) is 10.4 Å². The van der Waals surface area contributed by atoms with Crippen LogP contribution in [0.4, 0.5) is 0 Å². The van der Waals surface area contributed by atoms with Gasteiger partial charge in [0.2, 0.25) is 0 Å². The van der Waals surface area contributed by atoms with Crippen LogP contribution in [0.15, 0.2) is 41.6 Å². The van der Waals surface area contributed by atoms with Gasteiger partial charge in [0.1, 0.15) is 17.2 Å². The van der Waals surface area contributed by atoms with E-state index >= 15 is 0 Å². The van der Waals surface area contributed by atoms with Gasteiger partial charge in [0.05, 0.1) is 20.4 Å². The van der Waals surface area contributed by atoms with Crippen LogP contribution in [0.1, 0.15) is 28.5 Å². The average molecular weight is 313 g/mol. The van der Waals surface area contributed by atoms with Crippen LogP contribution in [0, 0.1) is 0 Å². The third kappa shape index (κ3) is 4.29. The maximum Gasteiger partial charge on any atom is 0.289 e. The highest BCUT2D eigenvalue weighted by Gasteiger charge is 2.06. The van der Waals surface area contributed by atoms with Crippen LogP contribution in [0.25, 0.3) is 0 Å². The van der Waals surface area contributed by atoms with Crippen molar-refractivity contribution >= 4 is 12.1 Å². The van der Waals surface area contributed by atoms with Crippen molar-refractivity contribution in [3.63, 3.8) is 0 Å². The molecule has 23 heavy (non-hydrogen) atoms. The van der Waals surface area contributed by atoms with Gasteiger partial charge < -0.3 is 9.47 Å². The molecule has 120 valence electrons. The molecule has 0 aliphatic rings. The Bertz CT molecular complexity index is 697. The Labute approximate surface area is 135 Å². The van der Waals surface area contributed by atoms with Gasteiger partial charge in [-0.1, -0.05) is 13.0 Å². The molecule has 1 heterocycles. The highest BCUT2D eigenvalue weighted by molar-refractivity contribution is 5.93. The Balaban J connectivity index is 2.04. The number of methoxy groups -OCH3 is 2. The molecule has 1 N–H and O–H groups in total. The molecule has 0 spiro atoms. The quantitative estimate of drug-likeness (QED) is 0.656. The van der Waals surface area contributed by atoms with E-state index in [-0.39, 0.29) is 5.91 Å². The zero-order valence-electron chi connectivity index (χ0n) is 13.4. The minimum absolute atomic E-state index is 0.320. The molecule has 1 aromatic carbocycles. The summed E-state index contributed by atoms with van der Waals surface area (Å²) in [5, 5.41) is 3.94. The molecule has 0 fully saturated rings. The summed E-state index contributed by atoms with van der Waals surface area (Å²) in [4.78, 5) is 16.1. The zero-order chi connectivity index (χ0) is 16.7. The number of benzene rings is 1. The molecule has 0 bridgehead atoms. The Kier molecular flexibility index (Phi) is 5.68. The van der Waals surface area contributed by atoms with E-state index in [1.807, 2.05) is 13.0 Å². The van der Waals surface area contributed by atoms with Crippen LogP contribution in [0.3, 0.4) is 0 Å². The first kappa shape index (κ1) is 16.5. The topological polar surface area (TPSA) is 72.8 Å². The second kappa shape index (κ2) is 7.93. The molecule has 6 heteroatoms. The second-order valence-corrected chi connectivity index (χ2v) is 4.71. The van der Waals surface area contributed by atoms with E-state index < -0.39 is 0 Å². The lowest BCUT2D eigenvalue weighted by atomic mass is 10.2. The van der Waals surface area contributed by atoms with Gasteiger partial charge in [0, 0.05) is 17.8 Å². The van der Waals surface area contributed by atoms with Gasteiger partial charge in [0.25, 0.3) is 5.91 Å². The number of rotatable bonds is 6. The number of aryl methyl sites for hydroxylation is 1. The van der Waals surface area contributed by atoms with Gasteiger partial charge in [-0.2, -0.15) is 5.10 Å². The number of nitrogens with zero attached hydrogens (tertiary/aromatic N) is 2. The third-order valence-electron chi connectivity index (χ3n) is 3.28. The molecular weight excluding hydrogens is 294 g/mol. The first-order valence-corrected chi connectivity index (χ1v) is 7.18. The van der Waals surface area contributed by atoms with Crippen molar-refractivity contribution in [2.75, 3.05) is 14.2 Å². The van der Waals surface area contributed by atoms with E-state index in [4.69, 9.17) is 9.47 Å². The maximum absolute atomic E-state index is 12.0. The van der Waals surface area contributed by atoms with Crippen LogP contribution in [0.5, 0.6) is 11.5 Å². The van der Waals surface area contributed by atoms with E-state index in [0.717, 1.165) is 17.5 Å². The predicted octanol–water partition coefficient (Wildman–Crippen LogP) is 2.43. The van der Waals surface area contributed by atoms with Gasteiger partial charge in [-0.25, -0.2) is 5.43 Å². The number of aromatic nitrogens is 1. The molecule has 0 radical (unpaired) electrons. The number of nitrogens with one attached hydrogen (secondary N) is 1. The molecule has 0 saturated carbocycles. The van der Waals surface area contributed by atoms with Gasteiger partial charge in [-0.3, -0.25) is 9.78 Å². The second-order valence-electron chi connectivity index (χ2n) is 4.71. The van der Waals surface area contributed by atoms with E-state index in [1.165, 1.54) is 6.21 Å². The molecule has 1 amide bonds. The number of carbonyl (C=O) groups is 1. The van der Waals surface area contributed by atoms with Crippen molar-refractivity contribution in [2.45, 2.75) is 13.3 Å². The van der Waals surface area contributed by atoms with Crippen LogP contribution < -0.4 is 14.9 Å². The molecule has 2 rings (SSSR count). The number of ether oxygens (including phenoxy) is 2. The first-order chi connectivity index (χ1) is 11.2. The van der Waals surface area contributed by atoms with Crippen molar-refractivity contribution < 1.29 is 14.3 Å². The minimum Gasteiger partial charge on any atom is -0.497 e. The van der Waals surface area contributed by atoms with E-state index in [1.54, 1.807) is 44.7 Å². The molecule has 0 atom stereocenters. The molecule has 1 aromatic heterocycles. The molecular formula is C17H19N3O3. The monoisotopic (exact) mass is 313 g/mol. The number of hydrogen-bond donors (Lipinski definition) is 1. The highest BCUT2D eigenvalue weighted by atomic mass is 16.5. The van der Waals surface area contributed by atoms with Crippen LogP contribution >= 0.6 is 0 Å². The van der Waals surface area contributed by atoms with Crippen molar-refractivity contribution in [1.29, 1.82) is 0 Å². The lowest BCUT2D eigenvalue weighted by molar-refractivity contribution is 0.0950. The van der Waals surface area contributed by atoms with Crippen molar-refractivity contribution in [2.24, 2.45) is 5.10 Å². The molecule has 0 unspecified atom stereocenters. The summed E-state index contributed by atoms with van der Waals surface area (Å²) in [6.07, 6.45) is 4.08. The van der Waals surface area contributed by atoms with E-state index in [2.05, 4.69) is 15.5 Å². The summed E-state index contributed by atoms with van der Waals surface area (Å²) in [5.41, 5.74) is 4.57.